The second-order valence-corrected chi connectivity index (χ2v) is 5.59. The maximum absolute atomic E-state index is 13.7. The Morgan fingerprint density at radius 1 is 0.931 bits per heavy atom. The Kier molecular flexibility index (Phi) is 6.54. The lowest BCUT2D eigenvalue weighted by Crippen LogP contribution is -2.01. The third-order valence-corrected chi connectivity index (χ3v) is 3.64. The number of aromatic amines is 1. The molecule has 0 fully saturated rings. The summed E-state index contributed by atoms with van der Waals surface area (Å²) in [7, 11) is 1.44. The highest BCUT2D eigenvalue weighted by molar-refractivity contribution is 5.58. The topological polar surface area (TPSA) is 90.5 Å². The standard InChI is InChI=1S/C11H10FNO3.C9H6FNO2/c1-14-7-15-11-9(12)10(16-13-11)8-5-3-2-4-6-8;10-7-8(13-11-9(7)12)6-4-2-1-3-5-6/h2-6H,7H2,1H3;1-5H,(H,11,12). The molecule has 4 aromatic rings. The minimum Gasteiger partial charge on any atom is -0.446 e. The van der Waals surface area contributed by atoms with E-state index < -0.39 is 17.2 Å². The summed E-state index contributed by atoms with van der Waals surface area (Å²) in [4.78, 5) is 10.7. The fourth-order valence-electron chi connectivity index (χ4n) is 2.30. The predicted octanol–water partition coefficient (Wildman–Crippen LogP) is 4.24. The first-order valence-electron chi connectivity index (χ1n) is 8.36. The number of halogens is 2. The Bertz CT molecular complexity index is 1090. The van der Waals surface area contributed by atoms with Gasteiger partial charge in [-0.1, -0.05) is 60.7 Å². The summed E-state index contributed by atoms with van der Waals surface area (Å²) in [5, 5.41) is 5.41. The molecule has 0 aliphatic heterocycles. The van der Waals surface area contributed by atoms with E-state index in [0.29, 0.717) is 11.1 Å². The Balaban J connectivity index is 0.000000169. The SMILES string of the molecule is COCOc1noc(-c2ccccc2)c1F.O=c1[nH]oc(-c2ccccc2)c1F. The molecule has 0 spiro atoms. The summed E-state index contributed by atoms with van der Waals surface area (Å²) in [6.07, 6.45) is 0. The van der Waals surface area contributed by atoms with E-state index in [2.05, 4.69) is 14.4 Å². The second-order valence-electron chi connectivity index (χ2n) is 5.59. The third-order valence-electron chi connectivity index (χ3n) is 3.64. The highest BCUT2D eigenvalue weighted by atomic mass is 19.1. The number of ether oxygens (including phenoxy) is 2. The van der Waals surface area contributed by atoms with Gasteiger partial charge in [0.25, 0.3) is 5.88 Å². The molecule has 0 atom stereocenters. The number of nitrogens with one attached hydrogen (secondary N) is 1. The van der Waals surface area contributed by atoms with Gasteiger partial charge in [0.2, 0.25) is 23.2 Å². The van der Waals surface area contributed by atoms with Crippen molar-refractivity contribution in [2.75, 3.05) is 13.9 Å². The molecule has 0 aliphatic rings. The maximum atomic E-state index is 13.7. The molecule has 29 heavy (non-hydrogen) atoms. The lowest BCUT2D eigenvalue weighted by molar-refractivity contribution is 0.0429. The lowest BCUT2D eigenvalue weighted by atomic mass is 10.2. The van der Waals surface area contributed by atoms with Crippen LogP contribution in [0.2, 0.25) is 0 Å². The van der Waals surface area contributed by atoms with Crippen molar-refractivity contribution in [1.29, 1.82) is 0 Å². The number of rotatable bonds is 5. The molecule has 0 saturated heterocycles. The van der Waals surface area contributed by atoms with Gasteiger partial charge in [-0.2, -0.15) is 13.9 Å². The largest absolute Gasteiger partial charge is 0.446 e. The number of H-pyrrole nitrogens is 1. The van der Waals surface area contributed by atoms with Crippen LogP contribution < -0.4 is 10.3 Å². The molecule has 9 heteroatoms. The normalized spacial score (nSPS) is 10.3. The zero-order valence-corrected chi connectivity index (χ0v) is 15.2. The van der Waals surface area contributed by atoms with E-state index in [0.717, 1.165) is 0 Å². The van der Waals surface area contributed by atoms with E-state index in [1.165, 1.54) is 7.11 Å². The van der Waals surface area contributed by atoms with E-state index in [-0.39, 0.29) is 24.2 Å². The van der Waals surface area contributed by atoms with Gasteiger partial charge in [0.1, 0.15) is 0 Å². The van der Waals surface area contributed by atoms with Crippen LogP contribution in [0.4, 0.5) is 8.78 Å². The van der Waals surface area contributed by atoms with Crippen LogP contribution in [0.15, 0.2) is 74.5 Å². The van der Waals surface area contributed by atoms with Gasteiger partial charge in [-0.25, -0.2) is 0 Å². The minimum absolute atomic E-state index is 0.0504. The van der Waals surface area contributed by atoms with Gasteiger partial charge in [-0.3, -0.25) is 4.79 Å². The Morgan fingerprint density at radius 3 is 2.03 bits per heavy atom. The van der Waals surface area contributed by atoms with E-state index >= 15 is 0 Å². The van der Waals surface area contributed by atoms with E-state index in [9.17, 15) is 13.6 Å². The predicted molar refractivity (Wildman–Crippen MR) is 99.1 cm³/mol. The van der Waals surface area contributed by atoms with Gasteiger partial charge in [0.15, 0.2) is 6.79 Å². The molecule has 4 rings (SSSR count). The van der Waals surface area contributed by atoms with Crippen LogP contribution >= 0.6 is 0 Å². The lowest BCUT2D eigenvalue weighted by Gasteiger charge is -1.98. The Morgan fingerprint density at radius 2 is 1.52 bits per heavy atom. The van der Waals surface area contributed by atoms with Gasteiger partial charge in [-0.05, 0) is 5.16 Å². The monoisotopic (exact) mass is 402 g/mol. The number of nitrogens with zero attached hydrogens (tertiary/aromatic N) is 1. The van der Waals surface area contributed by atoms with Gasteiger partial charge in [0.05, 0.1) is 0 Å². The zero-order valence-electron chi connectivity index (χ0n) is 15.2. The van der Waals surface area contributed by atoms with Crippen LogP contribution in [-0.4, -0.2) is 24.2 Å². The van der Waals surface area contributed by atoms with Gasteiger partial charge >= 0.3 is 5.56 Å². The van der Waals surface area contributed by atoms with Crippen molar-refractivity contribution < 1.29 is 27.3 Å². The number of methoxy groups -OCH3 is 1. The van der Waals surface area contributed by atoms with E-state index in [1.54, 1.807) is 54.6 Å². The average Bonchev–Trinajstić information content (AvgIpc) is 3.30. The maximum Gasteiger partial charge on any atom is 0.316 e. The fraction of sp³-hybridized carbons (Fsp3) is 0.100. The molecular weight excluding hydrogens is 386 g/mol. The number of hydrogen-bond acceptors (Lipinski definition) is 6. The fourth-order valence-corrected chi connectivity index (χ4v) is 2.30. The molecule has 0 bridgehead atoms. The van der Waals surface area contributed by atoms with Crippen LogP contribution in [0.3, 0.4) is 0 Å². The van der Waals surface area contributed by atoms with E-state index in [4.69, 9.17) is 9.26 Å². The highest BCUT2D eigenvalue weighted by Gasteiger charge is 2.18. The molecule has 0 saturated carbocycles. The molecule has 0 radical (unpaired) electrons. The van der Waals surface area contributed by atoms with Crippen molar-refractivity contribution in [3.63, 3.8) is 0 Å². The summed E-state index contributed by atoms with van der Waals surface area (Å²) < 4.78 is 45.8. The van der Waals surface area contributed by atoms with Crippen LogP contribution in [0, 0.1) is 11.6 Å². The summed E-state index contributed by atoms with van der Waals surface area (Å²) in [5.74, 6) is -1.69. The van der Waals surface area contributed by atoms with Crippen LogP contribution in [0.5, 0.6) is 5.88 Å². The third kappa shape index (κ3) is 4.77. The van der Waals surface area contributed by atoms with Gasteiger partial charge < -0.3 is 18.5 Å². The first kappa shape index (κ1) is 20.0. The Hall–Kier alpha value is -3.72. The number of hydrogen-bond donors (Lipinski definition) is 1. The van der Waals surface area contributed by atoms with Crippen molar-refractivity contribution in [2.45, 2.75) is 0 Å². The summed E-state index contributed by atoms with van der Waals surface area (Å²) in [5.41, 5.74) is 0.317. The zero-order chi connectivity index (χ0) is 20.6. The van der Waals surface area contributed by atoms with Crippen molar-refractivity contribution in [3.8, 4) is 28.5 Å². The molecular formula is C20H16F2N2O5. The quantitative estimate of drug-likeness (QED) is 0.502. The van der Waals surface area contributed by atoms with Crippen molar-refractivity contribution in [2.24, 2.45) is 0 Å². The molecule has 0 unspecified atom stereocenters. The smallest absolute Gasteiger partial charge is 0.316 e. The first-order chi connectivity index (χ1) is 14.1. The molecule has 1 N–H and O–H groups in total. The van der Waals surface area contributed by atoms with Crippen molar-refractivity contribution >= 4 is 0 Å². The number of benzene rings is 2. The molecule has 150 valence electrons. The van der Waals surface area contributed by atoms with Gasteiger partial charge in [-0.15, -0.1) is 0 Å². The second kappa shape index (κ2) is 9.47. The molecule has 7 nitrogen and oxygen atoms in total. The molecule has 2 aromatic heterocycles. The van der Waals surface area contributed by atoms with Crippen molar-refractivity contribution in [3.05, 3.63) is 82.7 Å². The number of aromatic nitrogens is 2. The highest BCUT2D eigenvalue weighted by Crippen LogP contribution is 2.28. The van der Waals surface area contributed by atoms with Crippen LogP contribution in [-0.2, 0) is 4.74 Å². The van der Waals surface area contributed by atoms with Crippen LogP contribution in [0.1, 0.15) is 0 Å². The molecule has 2 heterocycles. The van der Waals surface area contributed by atoms with Gasteiger partial charge in [0, 0.05) is 18.2 Å². The molecule has 2 aromatic carbocycles. The summed E-state index contributed by atoms with van der Waals surface area (Å²) in [6.45, 7) is -0.0717. The van der Waals surface area contributed by atoms with Crippen LogP contribution in [0.25, 0.3) is 22.6 Å². The summed E-state index contributed by atoms with van der Waals surface area (Å²) >= 11 is 0. The van der Waals surface area contributed by atoms with Crippen molar-refractivity contribution in [1.82, 2.24) is 10.3 Å². The molecule has 0 aliphatic carbocycles. The first-order valence-corrected chi connectivity index (χ1v) is 8.36. The van der Waals surface area contributed by atoms with E-state index in [1.807, 2.05) is 11.2 Å². The summed E-state index contributed by atoms with van der Waals surface area (Å²) in [6, 6.07) is 17.5. The average molecular weight is 402 g/mol. The Labute approximate surface area is 163 Å². The minimum atomic E-state index is -0.883. The molecule has 0 amide bonds.